The summed E-state index contributed by atoms with van der Waals surface area (Å²) in [5, 5.41) is 12.7. The smallest absolute Gasteiger partial charge is 0.208 e. The van der Waals surface area contributed by atoms with Gasteiger partial charge in [0.25, 0.3) is 0 Å². The summed E-state index contributed by atoms with van der Waals surface area (Å²) in [5.41, 5.74) is 0.653. The van der Waals surface area contributed by atoms with Crippen LogP contribution < -0.4 is 10.1 Å². The van der Waals surface area contributed by atoms with Gasteiger partial charge in [-0.15, -0.1) is 0 Å². The van der Waals surface area contributed by atoms with E-state index < -0.39 is 11.6 Å². The van der Waals surface area contributed by atoms with Crippen LogP contribution in [0.2, 0.25) is 5.02 Å². The van der Waals surface area contributed by atoms with E-state index in [9.17, 15) is 9.50 Å². The van der Waals surface area contributed by atoms with E-state index in [1.165, 1.54) is 7.11 Å². The molecule has 1 aromatic carbocycles. The number of halogens is 2. The van der Waals surface area contributed by atoms with Crippen molar-refractivity contribution >= 4 is 11.6 Å². The van der Waals surface area contributed by atoms with Gasteiger partial charge in [0.15, 0.2) is 11.5 Å². The van der Waals surface area contributed by atoms with E-state index in [0.29, 0.717) is 12.1 Å². The van der Waals surface area contributed by atoms with Crippen molar-refractivity contribution in [1.82, 2.24) is 10.2 Å². The zero-order valence-electron chi connectivity index (χ0n) is 10.2. The zero-order chi connectivity index (χ0) is 13.1. The summed E-state index contributed by atoms with van der Waals surface area (Å²) in [7, 11) is 1.38. The summed E-state index contributed by atoms with van der Waals surface area (Å²) >= 11 is 5.79. The van der Waals surface area contributed by atoms with Crippen LogP contribution in [0.25, 0.3) is 0 Å². The minimum absolute atomic E-state index is 0.0124. The van der Waals surface area contributed by atoms with Gasteiger partial charge >= 0.3 is 0 Å². The highest BCUT2D eigenvalue weighted by molar-refractivity contribution is 6.32. The number of aromatic hydroxyl groups is 1. The Kier molecular flexibility index (Phi) is 4.27. The molecule has 1 aliphatic heterocycles. The molecule has 0 saturated carbocycles. The third kappa shape index (κ3) is 2.68. The molecular weight excluding hydrogens is 259 g/mol. The van der Waals surface area contributed by atoms with Crippen molar-refractivity contribution in [2.75, 3.05) is 33.3 Å². The second kappa shape index (κ2) is 5.73. The number of ether oxygens (including phenoxy) is 1. The molecule has 0 aliphatic carbocycles. The lowest BCUT2D eigenvalue weighted by molar-refractivity contribution is 0.228. The fourth-order valence-electron chi connectivity index (χ4n) is 2.09. The molecule has 100 valence electrons. The van der Waals surface area contributed by atoms with Crippen molar-refractivity contribution in [3.8, 4) is 11.5 Å². The van der Waals surface area contributed by atoms with Gasteiger partial charge in [-0.25, -0.2) is 0 Å². The Bertz CT molecular complexity index is 437. The van der Waals surface area contributed by atoms with Gasteiger partial charge in [-0.2, -0.15) is 4.39 Å². The SMILES string of the molecule is COc1c(CN2CCNCC2)cc(Cl)c(O)c1F. The molecule has 0 atom stereocenters. The van der Waals surface area contributed by atoms with Crippen molar-refractivity contribution in [3.63, 3.8) is 0 Å². The molecule has 0 aromatic heterocycles. The molecule has 0 radical (unpaired) electrons. The van der Waals surface area contributed by atoms with E-state index in [1.54, 1.807) is 6.07 Å². The van der Waals surface area contributed by atoms with Crippen LogP contribution in [0.5, 0.6) is 11.5 Å². The first-order valence-electron chi connectivity index (χ1n) is 5.80. The number of methoxy groups -OCH3 is 1. The number of hydrogen-bond acceptors (Lipinski definition) is 4. The summed E-state index contributed by atoms with van der Waals surface area (Å²) in [5.74, 6) is -1.29. The molecule has 1 saturated heterocycles. The maximum absolute atomic E-state index is 13.8. The van der Waals surface area contributed by atoms with Crippen LogP contribution in [0, 0.1) is 5.82 Å². The first kappa shape index (κ1) is 13.4. The first-order chi connectivity index (χ1) is 8.63. The van der Waals surface area contributed by atoms with Crippen molar-refractivity contribution in [2.45, 2.75) is 6.54 Å². The Morgan fingerprint density at radius 3 is 2.78 bits per heavy atom. The lowest BCUT2D eigenvalue weighted by atomic mass is 10.1. The summed E-state index contributed by atoms with van der Waals surface area (Å²) < 4.78 is 18.8. The molecule has 0 spiro atoms. The molecule has 0 amide bonds. The predicted molar refractivity (Wildman–Crippen MR) is 67.8 cm³/mol. The van der Waals surface area contributed by atoms with Gasteiger partial charge in [-0.1, -0.05) is 11.6 Å². The lowest BCUT2D eigenvalue weighted by Gasteiger charge is -2.27. The molecule has 18 heavy (non-hydrogen) atoms. The molecular formula is C12H16ClFN2O2. The summed E-state index contributed by atoms with van der Waals surface area (Å²) in [4.78, 5) is 2.18. The molecule has 1 aliphatic rings. The second-order valence-electron chi connectivity index (χ2n) is 4.24. The van der Waals surface area contributed by atoms with Gasteiger partial charge in [0.05, 0.1) is 12.1 Å². The number of phenolic OH excluding ortho intramolecular Hbond substituents is 1. The zero-order valence-corrected chi connectivity index (χ0v) is 10.9. The molecule has 4 nitrogen and oxygen atoms in total. The Morgan fingerprint density at radius 2 is 2.17 bits per heavy atom. The van der Waals surface area contributed by atoms with Gasteiger partial charge < -0.3 is 15.2 Å². The van der Waals surface area contributed by atoms with Crippen LogP contribution in [0.15, 0.2) is 6.07 Å². The average molecular weight is 275 g/mol. The van der Waals surface area contributed by atoms with Crippen LogP contribution in [0.3, 0.4) is 0 Å². The van der Waals surface area contributed by atoms with E-state index in [1.807, 2.05) is 0 Å². The number of hydrogen-bond donors (Lipinski definition) is 2. The van der Waals surface area contributed by atoms with Crippen LogP contribution in [-0.2, 0) is 6.54 Å². The quantitative estimate of drug-likeness (QED) is 0.879. The largest absolute Gasteiger partial charge is 0.504 e. The number of nitrogens with one attached hydrogen (secondary N) is 1. The van der Waals surface area contributed by atoms with Crippen molar-refractivity contribution in [1.29, 1.82) is 0 Å². The third-order valence-electron chi connectivity index (χ3n) is 3.03. The molecule has 1 fully saturated rings. The van der Waals surface area contributed by atoms with Crippen LogP contribution >= 0.6 is 11.6 Å². The fourth-order valence-corrected chi connectivity index (χ4v) is 2.30. The molecule has 0 unspecified atom stereocenters. The first-order valence-corrected chi connectivity index (χ1v) is 6.18. The molecule has 6 heteroatoms. The monoisotopic (exact) mass is 274 g/mol. The van der Waals surface area contributed by atoms with Crippen LogP contribution in [0.1, 0.15) is 5.56 Å². The highest BCUT2D eigenvalue weighted by Gasteiger charge is 2.20. The Balaban J connectivity index is 2.25. The topological polar surface area (TPSA) is 44.7 Å². The maximum Gasteiger partial charge on any atom is 0.208 e. The highest BCUT2D eigenvalue weighted by atomic mass is 35.5. The maximum atomic E-state index is 13.8. The molecule has 2 N–H and O–H groups in total. The van der Waals surface area contributed by atoms with Gasteiger partial charge in [-0.3, -0.25) is 4.90 Å². The van der Waals surface area contributed by atoms with Crippen molar-refractivity contribution in [3.05, 3.63) is 22.5 Å². The number of rotatable bonds is 3. The summed E-state index contributed by atoms with van der Waals surface area (Å²) in [6.07, 6.45) is 0. The third-order valence-corrected chi connectivity index (χ3v) is 3.32. The van der Waals surface area contributed by atoms with E-state index in [-0.39, 0.29) is 10.8 Å². The van der Waals surface area contributed by atoms with Crippen molar-refractivity contribution < 1.29 is 14.2 Å². The highest BCUT2D eigenvalue weighted by Crippen LogP contribution is 2.36. The normalized spacial score (nSPS) is 16.8. The fraction of sp³-hybridized carbons (Fsp3) is 0.500. The Hall–Kier alpha value is -1.04. The summed E-state index contributed by atoms with van der Waals surface area (Å²) in [6, 6.07) is 1.56. The molecule has 1 aromatic rings. The number of benzene rings is 1. The summed E-state index contributed by atoms with van der Waals surface area (Å²) in [6.45, 7) is 4.17. The minimum Gasteiger partial charge on any atom is -0.504 e. The van der Waals surface area contributed by atoms with Crippen LogP contribution in [0.4, 0.5) is 4.39 Å². The molecule has 2 rings (SSSR count). The average Bonchev–Trinajstić information content (AvgIpc) is 2.38. The van der Waals surface area contributed by atoms with E-state index in [4.69, 9.17) is 16.3 Å². The van der Waals surface area contributed by atoms with E-state index in [2.05, 4.69) is 10.2 Å². The van der Waals surface area contributed by atoms with Gasteiger partial charge in [-0.05, 0) is 6.07 Å². The predicted octanol–water partition coefficient (Wildman–Crippen LogP) is 1.60. The Labute approximate surface area is 110 Å². The second-order valence-corrected chi connectivity index (χ2v) is 4.65. The Morgan fingerprint density at radius 1 is 1.50 bits per heavy atom. The van der Waals surface area contributed by atoms with Crippen LogP contribution in [-0.4, -0.2) is 43.3 Å². The molecule has 1 heterocycles. The van der Waals surface area contributed by atoms with E-state index in [0.717, 1.165) is 26.2 Å². The van der Waals surface area contributed by atoms with E-state index >= 15 is 0 Å². The lowest BCUT2D eigenvalue weighted by Crippen LogP contribution is -2.42. The number of phenols is 1. The minimum atomic E-state index is -0.796. The molecule has 0 bridgehead atoms. The van der Waals surface area contributed by atoms with Gasteiger partial charge in [0.2, 0.25) is 5.82 Å². The van der Waals surface area contributed by atoms with Gasteiger partial charge in [0.1, 0.15) is 0 Å². The number of piperazine rings is 1. The number of nitrogens with zero attached hydrogens (tertiary/aromatic N) is 1. The van der Waals surface area contributed by atoms with Crippen molar-refractivity contribution in [2.24, 2.45) is 0 Å². The van der Waals surface area contributed by atoms with Gasteiger partial charge in [0, 0.05) is 38.3 Å². The standard InChI is InChI=1S/C12H16ClFN2O2/c1-18-12-8(6-9(13)11(17)10(12)14)7-16-4-2-15-3-5-16/h6,15,17H,2-5,7H2,1H3.